The van der Waals surface area contributed by atoms with Crippen molar-refractivity contribution < 1.29 is 18.7 Å². The van der Waals surface area contributed by atoms with Gasteiger partial charge in [-0.2, -0.15) is 0 Å². The van der Waals surface area contributed by atoms with Gasteiger partial charge in [-0.15, -0.1) is 0 Å². The summed E-state index contributed by atoms with van der Waals surface area (Å²) in [5.41, 5.74) is 1.31. The Labute approximate surface area is 179 Å². The Morgan fingerprint density at radius 1 is 1.27 bits per heavy atom. The van der Waals surface area contributed by atoms with Gasteiger partial charge in [-0.05, 0) is 61.8 Å². The number of likely N-dealkylation sites (tertiary alicyclic amines) is 1. The summed E-state index contributed by atoms with van der Waals surface area (Å²) in [6.45, 7) is 2.57. The maximum Gasteiger partial charge on any atom is 0.254 e. The number of benzene rings is 2. The Kier molecular flexibility index (Phi) is 5.66. The molecule has 2 aromatic rings. The van der Waals surface area contributed by atoms with Crippen molar-refractivity contribution in [1.82, 2.24) is 10.2 Å². The molecule has 2 N–H and O–H groups in total. The zero-order valence-corrected chi connectivity index (χ0v) is 17.4. The van der Waals surface area contributed by atoms with Crippen LogP contribution in [-0.2, 0) is 10.2 Å². The third kappa shape index (κ3) is 3.75. The van der Waals surface area contributed by atoms with Crippen LogP contribution in [0.25, 0.3) is 0 Å². The zero-order chi connectivity index (χ0) is 21.3. The molecule has 4 rings (SSSR count). The van der Waals surface area contributed by atoms with E-state index < -0.39 is 17.1 Å². The highest BCUT2D eigenvalue weighted by Crippen LogP contribution is 2.45. The van der Waals surface area contributed by atoms with Gasteiger partial charge in [-0.1, -0.05) is 11.6 Å². The molecule has 2 aliphatic heterocycles. The first kappa shape index (κ1) is 20.6. The van der Waals surface area contributed by atoms with Gasteiger partial charge in [0.1, 0.15) is 18.2 Å². The Morgan fingerprint density at radius 2 is 2.03 bits per heavy atom. The molecule has 1 fully saturated rings. The maximum absolute atomic E-state index is 14.0. The van der Waals surface area contributed by atoms with E-state index in [0.717, 1.165) is 24.3 Å². The molecule has 0 radical (unpaired) electrons. The highest BCUT2D eigenvalue weighted by molar-refractivity contribution is 6.31. The highest BCUT2D eigenvalue weighted by Gasteiger charge is 2.48. The molecule has 2 amide bonds. The summed E-state index contributed by atoms with van der Waals surface area (Å²) in [7, 11) is 1.46. The minimum absolute atomic E-state index is 0.0126. The second-order valence-corrected chi connectivity index (χ2v) is 8.07. The Bertz CT molecular complexity index is 990. The van der Waals surface area contributed by atoms with Crippen LogP contribution in [-0.4, -0.2) is 50.0 Å². The van der Waals surface area contributed by atoms with Crippen molar-refractivity contribution in [3.05, 3.63) is 58.4 Å². The first-order chi connectivity index (χ1) is 14.4. The number of halogens is 2. The summed E-state index contributed by atoms with van der Waals surface area (Å²) in [6.07, 6.45) is 1.42. The van der Waals surface area contributed by atoms with Crippen molar-refractivity contribution in [2.45, 2.75) is 18.3 Å². The summed E-state index contributed by atoms with van der Waals surface area (Å²) in [6, 6.07) is 9.76. The lowest BCUT2D eigenvalue weighted by atomic mass is 9.73. The summed E-state index contributed by atoms with van der Waals surface area (Å²) < 4.78 is 19.7. The van der Waals surface area contributed by atoms with E-state index in [1.807, 2.05) is 12.1 Å². The summed E-state index contributed by atoms with van der Waals surface area (Å²) in [5.74, 6) is -0.661. The van der Waals surface area contributed by atoms with Crippen molar-refractivity contribution in [1.29, 1.82) is 0 Å². The van der Waals surface area contributed by atoms with E-state index in [4.69, 9.17) is 16.3 Å². The summed E-state index contributed by atoms with van der Waals surface area (Å²) >= 11 is 6.16. The maximum atomic E-state index is 14.0. The van der Waals surface area contributed by atoms with Gasteiger partial charge in [0.05, 0.1) is 11.0 Å². The van der Waals surface area contributed by atoms with E-state index in [-0.39, 0.29) is 11.5 Å². The van der Waals surface area contributed by atoms with E-state index in [1.165, 1.54) is 19.2 Å². The average Bonchev–Trinajstić information content (AvgIpc) is 3.00. The van der Waals surface area contributed by atoms with Gasteiger partial charge in [-0.3, -0.25) is 14.5 Å². The van der Waals surface area contributed by atoms with Gasteiger partial charge in [0.25, 0.3) is 5.91 Å². The van der Waals surface area contributed by atoms with Crippen LogP contribution < -0.4 is 15.4 Å². The second kappa shape index (κ2) is 8.24. The molecule has 0 aliphatic carbocycles. The number of nitrogens with one attached hydrogen (secondary N) is 2. The molecular formula is C22H23ClFN3O3. The lowest BCUT2D eigenvalue weighted by Gasteiger charge is -2.37. The molecule has 2 heterocycles. The molecule has 0 bridgehead atoms. The molecular weight excluding hydrogens is 409 g/mol. The molecule has 158 valence electrons. The highest BCUT2D eigenvalue weighted by atomic mass is 35.5. The minimum atomic E-state index is -0.615. The van der Waals surface area contributed by atoms with Crippen molar-refractivity contribution in [3.8, 4) is 5.75 Å². The number of carbonyl (C=O) groups excluding carboxylic acids is 2. The molecule has 6 nitrogen and oxygen atoms in total. The van der Waals surface area contributed by atoms with Crippen LogP contribution in [0.4, 0.5) is 10.1 Å². The predicted molar refractivity (Wildman–Crippen MR) is 113 cm³/mol. The van der Waals surface area contributed by atoms with Crippen LogP contribution >= 0.6 is 11.6 Å². The molecule has 0 unspecified atom stereocenters. The van der Waals surface area contributed by atoms with Crippen LogP contribution in [0.2, 0.25) is 5.02 Å². The van der Waals surface area contributed by atoms with Gasteiger partial charge in [0.15, 0.2) is 0 Å². The van der Waals surface area contributed by atoms with E-state index >= 15 is 0 Å². The fraction of sp³-hybridized carbons (Fsp3) is 0.364. The number of carbonyl (C=O) groups is 2. The molecule has 0 aromatic heterocycles. The molecule has 2 aromatic carbocycles. The van der Waals surface area contributed by atoms with Gasteiger partial charge < -0.3 is 15.4 Å². The largest absolute Gasteiger partial charge is 0.492 e. The fourth-order valence-electron chi connectivity index (χ4n) is 4.24. The number of ether oxygens (including phenoxy) is 1. The van der Waals surface area contributed by atoms with E-state index in [9.17, 15) is 14.0 Å². The SMILES string of the molecule is CNC(=O)c1ccc(OCCN2CCC3(CC2)C(=O)Nc2ccc(Cl)cc23)cc1F. The van der Waals surface area contributed by atoms with Crippen molar-refractivity contribution in [2.24, 2.45) is 0 Å². The molecule has 8 heteroatoms. The lowest BCUT2D eigenvalue weighted by Crippen LogP contribution is -2.47. The van der Waals surface area contributed by atoms with Crippen LogP contribution in [0.15, 0.2) is 36.4 Å². The number of rotatable bonds is 5. The minimum Gasteiger partial charge on any atom is -0.492 e. The summed E-state index contributed by atoms with van der Waals surface area (Å²) in [5, 5.41) is 6.01. The van der Waals surface area contributed by atoms with Crippen molar-refractivity contribution in [3.63, 3.8) is 0 Å². The summed E-state index contributed by atoms with van der Waals surface area (Å²) in [4.78, 5) is 26.5. The third-order valence-corrected chi connectivity index (χ3v) is 6.21. The van der Waals surface area contributed by atoms with Gasteiger partial charge in [0, 0.05) is 30.4 Å². The Morgan fingerprint density at radius 3 is 2.73 bits per heavy atom. The zero-order valence-electron chi connectivity index (χ0n) is 16.6. The van der Waals surface area contributed by atoms with E-state index in [2.05, 4.69) is 15.5 Å². The standard InChI is InChI=1S/C22H23ClFN3O3/c1-25-20(28)16-4-3-15(13-18(16)24)30-11-10-27-8-6-22(7-9-27)17-12-14(23)2-5-19(17)26-21(22)29/h2-5,12-13H,6-11H2,1H3,(H,25,28)(H,26,29). The topological polar surface area (TPSA) is 70.7 Å². The van der Waals surface area contributed by atoms with E-state index in [1.54, 1.807) is 12.1 Å². The molecule has 2 aliphatic rings. The number of nitrogens with zero attached hydrogens (tertiary/aromatic N) is 1. The molecule has 0 atom stereocenters. The average molecular weight is 432 g/mol. The normalized spacial score (nSPS) is 17.5. The second-order valence-electron chi connectivity index (χ2n) is 7.64. The predicted octanol–water partition coefficient (Wildman–Crippen LogP) is 3.20. The number of fused-ring (bicyclic) bond motifs is 2. The molecule has 30 heavy (non-hydrogen) atoms. The molecule has 0 saturated carbocycles. The smallest absolute Gasteiger partial charge is 0.254 e. The molecule has 1 spiro atoms. The third-order valence-electron chi connectivity index (χ3n) is 5.98. The van der Waals surface area contributed by atoms with E-state index in [0.29, 0.717) is 36.8 Å². The van der Waals surface area contributed by atoms with Gasteiger partial charge in [0.2, 0.25) is 5.91 Å². The van der Waals surface area contributed by atoms with Crippen LogP contribution in [0.3, 0.4) is 0 Å². The first-order valence-corrected chi connectivity index (χ1v) is 10.3. The first-order valence-electron chi connectivity index (χ1n) is 9.91. The molecule has 1 saturated heterocycles. The van der Waals surface area contributed by atoms with Crippen molar-refractivity contribution in [2.75, 3.05) is 38.6 Å². The monoisotopic (exact) mass is 431 g/mol. The number of piperidine rings is 1. The number of hydrogen-bond acceptors (Lipinski definition) is 4. The Hall–Kier alpha value is -2.64. The quantitative estimate of drug-likeness (QED) is 0.762. The number of amides is 2. The number of anilines is 1. The van der Waals surface area contributed by atoms with Gasteiger partial charge in [-0.25, -0.2) is 4.39 Å². The van der Waals surface area contributed by atoms with Crippen molar-refractivity contribution >= 4 is 29.1 Å². The fourth-order valence-corrected chi connectivity index (χ4v) is 4.41. The number of hydrogen-bond donors (Lipinski definition) is 2. The van der Waals surface area contributed by atoms with Crippen LogP contribution in [0.1, 0.15) is 28.8 Å². The lowest BCUT2D eigenvalue weighted by molar-refractivity contribution is -0.122. The Balaban J connectivity index is 1.32. The van der Waals surface area contributed by atoms with Crippen LogP contribution in [0.5, 0.6) is 5.75 Å². The van der Waals surface area contributed by atoms with Crippen LogP contribution in [0, 0.1) is 5.82 Å². The van der Waals surface area contributed by atoms with Gasteiger partial charge >= 0.3 is 0 Å².